The van der Waals surface area contributed by atoms with Gasteiger partial charge in [0, 0.05) is 35.0 Å². The first-order chi connectivity index (χ1) is 9.95. The van der Waals surface area contributed by atoms with Gasteiger partial charge in [0.05, 0.1) is 5.56 Å². The number of amides is 1. The van der Waals surface area contributed by atoms with E-state index in [1.54, 1.807) is 11.4 Å². The van der Waals surface area contributed by atoms with Gasteiger partial charge in [-0.25, -0.2) is 4.79 Å². The molecule has 0 spiro atoms. The number of carbonyl (C=O) groups is 2. The van der Waals surface area contributed by atoms with Gasteiger partial charge in [-0.15, -0.1) is 11.3 Å². The Kier molecular flexibility index (Phi) is 5.14. The van der Waals surface area contributed by atoms with Crippen molar-refractivity contribution in [3.05, 3.63) is 28.0 Å². The van der Waals surface area contributed by atoms with Crippen LogP contribution >= 0.6 is 11.3 Å². The number of likely N-dealkylation sites (tertiary alicyclic amines) is 1. The molecule has 2 atom stereocenters. The third-order valence-electron chi connectivity index (χ3n) is 3.82. The van der Waals surface area contributed by atoms with Crippen molar-refractivity contribution in [1.82, 2.24) is 10.2 Å². The normalized spacial score (nSPS) is 23.3. The molecule has 21 heavy (non-hydrogen) atoms. The molecular weight excluding hydrogens is 288 g/mol. The Morgan fingerprint density at radius 3 is 2.95 bits per heavy atom. The first-order valence-corrected chi connectivity index (χ1v) is 7.84. The van der Waals surface area contributed by atoms with Crippen LogP contribution in [0.2, 0.25) is 0 Å². The molecule has 2 N–H and O–H groups in total. The van der Waals surface area contributed by atoms with Crippen LogP contribution in [0.3, 0.4) is 0 Å². The molecule has 0 aromatic carbocycles. The molecule has 0 aliphatic carbocycles. The SMILES string of the molecule is CC1CC(NC(=O)c2csc(/C=C/C(=O)O)c2)CCN1C. The standard InChI is InChI=1S/C15H20N2O3S/c1-10-7-12(5-6-17(10)2)16-15(20)11-8-13(21-9-11)3-4-14(18)19/h3-4,8-10,12H,5-7H2,1-2H3,(H,16,20)(H,18,19)/b4-3+. The molecular formula is C15H20N2O3S. The highest BCUT2D eigenvalue weighted by Gasteiger charge is 2.24. The summed E-state index contributed by atoms with van der Waals surface area (Å²) in [4.78, 5) is 25.7. The van der Waals surface area contributed by atoms with E-state index in [-0.39, 0.29) is 11.9 Å². The fourth-order valence-corrected chi connectivity index (χ4v) is 3.18. The van der Waals surface area contributed by atoms with Crippen molar-refractivity contribution in [2.24, 2.45) is 0 Å². The van der Waals surface area contributed by atoms with E-state index in [1.165, 1.54) is 17.4 Å². The molecule has 1 fully saturated rings. The molecule has 6 heteroatoms. The van der Waals surface area contributed by atoms with Crippen molar-refractivity contribution in [2.45, 2.75) is 31.8 Å². The summed E-state index contributed by atoms with van der Waals surface area (Å²) in [6.07, 6.45) is 4.49. The van der Waals surface area contributed by atoms with Crippen LogP contribution in [0.25, 0.3) is 6.08 Å². The Bertz CT molecular complexity index is 553. The van der Waals surface area contributed by atoms with Gasteiger partial charge in [0.25, 0.3) is 5.91 Å². The van der Waals surface area contributed by atoms with Gasteiger partial charge in [0.1, 0.15) is 0 Å². The molecule has 0 radical (unpaired) electrons. The van der Waals surface area contributed by atoms with Crippen LogP contribution < -0.4 is 5.32 Å². The van der Waals surface area contributed by atoms with Gasteiger partial charge in [-0.05, 0) is 39.0 Å². The maximum absolute atomic E-state index is 12.2. The zero-order valence-electron chi connectivity index (χ0n) is 12.2. The van der Waals surface area contributed by atoms with E-state index in [0.29, 0.717) is 11.6 Å². The van der Waals surface area contributed by atoms with Crippen LogP contribution in [0.5, 0.6) is 0 Å². The first-order valence-electron chi connectivity index (χ1n) is 6.96. The van der Waals surface area contributed by atoms with Gasteiger partial charge in [0.15, 0.2) is 0 Å². The fraction of sp³-hybridized carbons (Fsp3) is 0.467. The maximum atomic E-state index is 12.2. The second-order valence-corrected chi connectivity index (χ2v) is 6.38. The van der Waals surface area contributed by atoms with Crippen molar-refractivity contribution < 1.29 is 14.7 Å². The minimum atomic E-state index is -0.991. The monoisotopic (exact) mass is 308 g/mol. The highest BCUT2D eigenvalue weighted by atomic mass is 32.1. The van der Waals surface area contributed by atoms with Gasteiger partial charge in [-0.1, -0.05) is 0 Å². The fourth-order valence-electron chi connectivity index (χ4n) is 2.40. The number of thiophene rings is 1. The average molecular weight is 308 g/mol. The van der Waals surface area contributed by atoms with Gasteiger partial charge in [-0.3, -0.25) is 4.79 Å². The van der Waals surface area contributed by atoms with Gasteiger partial charge >= 0.3 is 5.97 Å². The summed E-state index contributed by atoms with van der Waals surface area (Å²) in [5.41, 5.74) is 0.594. The van der Waals surface area contributed by atoms with Gasteiger partial charge < -0.3 is 15.3 Å². The molecule has 0 saturated carbocycles. The zero-order chi connectivity index (χ0) is 15.4. The molecule has 1 aliphatic rings. The molecule has 1 aromatic heterocycles. The Morgan fingerprint density at radius 2 is 2.29 bits per heavy atom. The molecule has 1 amide bonds. The number of nitrogens with zero attached hydrogens (tertiary/aromatic N) is 1. The molecule has 2 unspecified atom stereocenters. The molecule has 1 saturated heterocycles. The van der Waals surface area contributed by atoms with E-state index in [9.17, 15) is 9.59 Å². The quantitative estimate of drug-likeness (QED) is 0.835. The summed E-state index contributed by atoms with van der Waals surface area (Å²) >= 11 is 1.36. The molecule has 1 aliphatic heterocycles. The Morgan fingerprint density at radius 1 is 1.52 bits per heavy atom. The summed E-state index contributed by atoms with van der Waals surface area (Å²) in [6.45, 7) is 3.15. The second-order valence-electron chi connectivity index (χ2n) is 5.43. The van der Waals surface area contributed by atoms with Crippen molar-refractivity contribution in [3.63, 3.8) is 0 Å². The number of carboxylic acids is 1. The van der Waals surface area contributed by atoms with E-state index < -0.39 is 5.97 Å². The highest BCUT2D eigenvalue weighted by Crippen LogP contribution is 2.19. The third-order valence-corrected chi connectivity index (χ3v) is 4.71. The minimum Gasteiger partial charge on any atom is -0.478 e. The van der Waals surface area contributed by atoms with Crippen LogP contribution in [0.15, 0.2) is 17.5 Å². The number of carboxylic acid groups (broad SMARTS) is 1. The summed E-state index contributed by atoms with van der Waals surface area (Å²) < 4.78 is 0. The van der Waals surface area contributed by atoms with Crippen LogP contribution in [0.1, 0.15) is 35.0 Å². The molecule has 0 bridgehead atoms. The maximum Gasteiger partial charge on any atom is 0.328 e. The van der Waals surface area contributed by atoms with E-state index in [0.717, 1.165) is 30.3 Å². The van der Waals surface area contributed by atoms with E-state index >= 15 is 0 Å². The van der Waals surface area contributed by atoms with E-state index in [2.05, 4.69) is 24.2 Å². The predicted molar refractivity (Wildman–Crippen MR) is 83.6 cm³/mol. The van der Waals surface area contributed by atoms with Crippen molar-refractivity contribution in [3.8, 4) is 0 Å². The van der Waals surface area contributed by atoms with E-state index in [4.69, 9.17) is 5.11 Å². The lowest BCUT2D eigenvalue weighted by Crippen LogP contribution is -2.47. The minimum absolute atomic E-state index is 0.0806. The van der Waals surface area contributed by atoms with Gasteiger partial charge in [0.2, 0.25) is 0 Å². The van der Waals surface area contributed by atoms with E-state index in [1.807, 2.05) is 0 Å². The lowest BCUT2D eigenvalue weighted by molar-refractivity contribution is -0.131. The average Bonchev–Trinajstić information content (AvgIpc) is 2.89. The Balaban J connectivity index is 1.93. The number of piperidine rings is 1. The molecule has 2 rings (SSSR count). The zero-order valence-corrected chi connectivity index (χ0v) is 13.0. The summed E-state index contributed by atoms with van der Waals surface area (Å²) in [5.74, 6) is -1.07. The lowest BCUT2D eigenvalue weighted by atomic mass is 9.99. The van der Waals surface area contributed by atoms with Crippen LogP contribution in [-0.4, -0.2) is 47.6 Å². The van der Waals surface area contributed by atoms with Crippen molar-refractivity contribution in [1.29, 1.82) is 0 Å². The topological polar surface area (TPSA) is 69.6 Å². The van der Waals surface area contributed by atoms with Crippen molar-refractivity contribution in [2.75, 3.05) is 13.6 Å². The Hall–Kier alpha value is -1.66. The molecule has 114 valence electrons. The van der Waals surface area contributed by atoms with Gasteiger partial charge in [-0.2, -0.15) is 0 Å². The Labute approximate surface area is 128 Å². The highest BCUT2D eigenvalue weighted by molar-refractivity contribution is 7.11. The molecule has 2 heterocycles. The van der Waals surface area contributed by atoms with Crippen LogP contribution in [0.4, 0.5) is 0 Å². The number of hydrogen-bond donors (Lipinski definition) is 2. The number of carbonyl (C=O) groups excluding carboxylic acids is 1. The summed E-state index contributed by atoms with van der Waals surface area (Å²) in [6, 6.07) is 2.40. The van der Waals surface area contributed by atoms with Crippen LogP contribution in [-0.2, 0) is 4.79 Å². The smallest absolute Gasteiger partial charge is 0.328 e. The number of nitrogens with one attached hydrogen (secondary N) is 1. The molecule has 1 aromatic rings. The molecule has 5 nitrogen and oxygen atoms in total. The summed E-state index contributed by atoms with van der Waals surface area (Å²) in [5, 5.41) is 13.4. The second kappa shape index (κ2) is 6.87. The third kappa shape index (κ3) is 4.41. The van der Waals surface area contributed by atoms with Crippen molar-refractivity contribution >= 4 is 29.3 Å². The largest absolute Gasteiger partial charge is 0.478 e. The number of rotatable bonds is 4. The number of aliphatic carboxylic acids is 1. The first kappa shape index (κ1) is 15.7. The number of hydrogen-bond acceptors (Lipinski definition) is 4. The van der Waals surface area contributed by atoms with Crippen LogP contribution in [0, 0.1) is 0 Å². The predicted octanol–water partition coefficient (Wildman–Crippen LogP) is 2.06. The summed E-state index contributed by atoms with van der Waals surface area (Å²) in [7, 11) is 2.10. The lowest BCUT2D eigenvalue weighted by Gasteiger charge is -2.35.